The van der Waals surface area contributed by atoms with E-state index in [1.165, 1.54) is 83.6 Å². The van der Waals surface area contributed by atoms with Gasteiger partial charge in [0.2, 0.25) is 0 Å². The van der Waals surface area contributed by atoms with Crippen LogP contribution in [0, 0.1) is 0 Å². The number of hydrogen-bond acceptors (Lipinski definition) is 2. The lowest BCUT2D eigenvalue weighted by Gasteiger charge is -2.20. The fourth-order valence-corrected chi connectivity index (χ4v) is 3.33. The average Bonchev–Trinajstić information content (AvgIpc) is 2.41. The highest BCUT2D eigenvalue weighted by Crippen LogP contribution is 2.17. The van der Waals surface area contributed by atoms with Crippen LogP contribution in [0.4, 0.5) is 0 Å². The summed E-state index contributed by atoms with van der Waals surface area (Å²) < 4.78 is 0. The van der Waals surface area contributed by atoms with Gasteiger partial charge in [0.25, 0.3) is 0 Å². The van der Waals surface area contributed by atoms with Gasteiger partial charge in [-0.25, -0.2) is 0 Å². The third-order valence-electron chi connectivity index (χ3n) is 4.49. The maximum absolute atomic E-state index is 3.83. The SMILES string of the molecule is CSC(C)CCNC1CCCCCCCCCCC1. The van der Waals surface area contributed by atoms with Crippen molar-refractivity contribution in [2.24, 2.45) is 0 Å². The molecule has 0 radical (unpaired) electrons. The fourth-order valence-electron chi connectivity index (χ4n) is 2.98. The van der Waals surface area contributed by atoms with Crippen molar-refractivity contribution >= 4 is 11.8 Å². The summed E-state index contributed by atoms with van der Waals surface area (Å²) in [4.78, 5) is 0. The summed E-state index contributed by atoms with van der Waals surface area (Å²) in [5, 5.41) is 4.63. The average molecular weight is 286 g/mol. The summed E-state index contributed by atoms with van der Waals surface area (Å²) in [7, 11) is 0. The van der Waals surface area contributed by atoms with E-state index in [1.807, 2.05) is 11.8 Å². The van der Waals surface area contributed by atoms with Crippen LogP contribution in [0.1, 0.15) is 84.0 Å². The van der Waals surface area contributed by atoms with Gasteiger partial charge in [0, 0.05) is 11.3 Å². The van der Waals surface area contributed by atoms with E-state index in [0.717, 1.165) is 11.3 Å². The highest BCUT2D eigenvalue weighted by molar-refractivity contribution is 7.99. The second kappa shape index (κ2) is 12.1. The molecular formula is C17H35NS. The minimum Gasteiger partial charge on any atom is -0.314 e. The van der Waals surface area contributed by atoms with Crippen LogP contribution < -0.4 is 5.32 Å². The Bertz CT molecular complexity index is 184. The van der Waals surface area contributed by atoms with E-state index >= 15 is 0 Å². The summed E-state index contributed by atoms with van der Waals surface area (Å²) in [5.74, 6) is 0. The van der Waals surface area contributed by atoms with E-state index < -0.39 is 0 Å². The van der Waals surface area contributed by atoms with Gasteiger partial charge in [0.1, 0.15) is 0 Å². The molecule has 1 fully saturated rings. The van der Waals surface area contributed by atoms with Crippen LogP contribution in [0.3, 0.4) is 0 Å². The first-order valence-corrected chi connectivity index (χ1v) is 9.88. The Morgan fingerprint density at radius 2 is 1.37 bits per heavy atom. The summed E-state index contributed by atoms with van der Waals surface area (Å²) in [6.45, 7) is 3.56. The smallest absolute Gasteiger partial charge is 0.00670 e. The largest absolute Gasteiger partial charge is 0.314 e. The number of hydrogen-bond donors (Lipinski definition) is 1. The van der Waals surface area contributed by atoms with Crippen molar-refractivity contribution in [3.8, 4) is 0 Å². The first kappa shape index (κ1) is 17.4. The molecule has 0 bridgehead atoms. The Balaban J connectivity index is 2.18. The van der Waals surface area contributed by atoms with E-state index in [-0.39, 0.29) is 0 Å². The first-order chi connectivity index (χ1) is 9.33. The maximum Gasteiger partial charge on any atom is 0.00670 e. The zero-order valence-corrected chi connectivity index (χ0v) is 14.1. The topological polar surface area (TPSA) is 12.0 Å². The zero-order valence-electron chi connectivity index (χ0n) is 13.3. The molecule has 114 valence electrons. The van der Waals surface area contributed by atoms with Crippen molar-refractivity contribution in [3.05, 3.63) is 0 Å². The van der Waals surface area contributed by atoms with Crippen LogP contribution in [0.25, 0.3) is 0 Å². The normalized spacial score (nSPS) is 22.4. The Morgan fingerprint density at radius 1 is 0.895 bits per heavy atom. The van der Waals surface area contributed by atoms with Gasteiger partial charge in [0.05, 0.1) is 0 Å². The van der Waals surface area contributed by atoms with Gasteiger partial charge in [-0.1, -0.05) is 64.7 Å². The molecule has 0 aliphatic heterocycles. The Kier molecular flexibility index (Phi) is 11.0. The van der Waals surface area contributed by atoms with Gasteiger partial charge < -0.3 is 5.32 Å². The molecule has 0 spiro atoms. The molecule has 1 unspecified atom stereocenters. The van der Waals surface area contributed by atoms with Crippen molar-refractivity contribution in [1.82, 2.24) is 5.32 Å². The standard InChI is InChI=1S/C17H35NS/c1-16(19-2)14-15-18-17-12-10-8-6-4-3-5-7-9-11-13-17/h16-18H,3-15H2,1-2H3. The lowest BCUT2D eigenvalue weighted by molar-refractivity contribution is 0.402. The number of rotatable bonds is 5. The molecule has 1 N–H and O–H groups in total. The number of nitrogens with one attached hydrogen (secondary N) is 1. The summed E-state index contributed by atoms with van der Waals surface area (Å²) in [5.41, 5.74) is 0. The molecule has 2 heteroatoms. The second-order valence-electron chi connectivity index (χ2n) is 6.25. The van der Waals surface area contributed by atoms with Crippen molar-refractivity contribution in [1.29, 1.82) is 0 Å². The van der Waals surface area contributed by atoms with Crippen molar-refractivity contribution in [2.45, 2.75) is 95.3 Å². The molecule has 1 saturated carbocycles. The molecule has 0 heterocycles. The monoisotopic (exact) mass is 285 g/mol. The maximum atomic E-state index is 3.83. The first-order valence-electron chi connectivity index (χ1n) is 8.59. The van der Waals surface area contributed by atoms with Gasteiger partial charge in [-0.3, -0.25) is 0 Å². The van der Waals surface area contributed by atoms with Crippen LogP contribution >= 0.6 is 11.8 Å². The molecule has 0 saturated heterocycles. The lowest BCUT2D eigenvalue weighted by Crippen LogP contribution is -2.31. The van der Waals surface area contributed by atoms with Gasteiger partial charge in [0.15, 0.2) is 0 Å². The zero-order chi connectivity index (χ0) is 13.8. The Hall–Kier alpha value is 0.310. The predicted octanol–water partition coefficient (Wildman–Crippen LogP) is 5.39. The summed E-state index contributed by atoms with van der Waals surface area (Å²) >= 11 is 1.99. The molecule has 0 aromatic carbocycles. The molecule has 0 aromatic heterocycles. The van der Waals surface area contributed by atoms with E-state index in [9.17, 15) is 0 Å². The van der Waals surface area contributed by atoms with Gasteiger partial charge in [-0.15, -0.1) is 0 Å². The molecule has 0 aromatic rings. The van der Waals surface area contributed by atoms with Crippen LogP contribution in [-0.2, 0) is 0 Å². The summed E-state index contributed by atoms with van der Waals surface area (Å²) in [6.07, 6.45) is 19.5. The van der Waals surface area contributed by atoms with Gasteiger partial charge >= 0.3 is 0 Å². The minimum absolute atomic E-state index is 0.800. The molecule has 0 amide bonds. The molecule has 19 heavy (non-hydrogen) atoms. The van der Waals surface area contributed by atoms with E-state index in [4.69, 9.17) is 0 Å². The molecular weight excluding hydrogens is 250 g/mol. The summed E-state index contributed by atoms with van der Waals surface area (Å²) in [6, 6.07) is 0.800. The quantitative estimate of drug-likeness (QED) is 0.726. The molecule has 1 aliphatic carbocycles. The van der Waals surface area contributed by atoms with Crippen molar-refractivity contribution in [2.75, 3.05) is 12.8 Å². The van der Waals surface area contributed by atoms with Crippen molar-refractivity contribution < 1.29 is 0 Å². The van der Waals surface area contributed by atoms with Crippen molar-refractivity contribution in [3.63, 3.8) is 0 Å². The van der Waals surface area contributed by atoms with E-state index in [2.05, 4.69) is 18.5 Å². The van der Waals surface area contributed by atoms with E-state index in [0.29, 0.717) is 0 Å². The fraction of sp³-hybridized carbons (Fsp3) is 1.00. The third-order valence-corrected chi connectivity index (χ3v) is 5.53. The lowest BCUT2D eigenvalue weighted by atomic mass is 9.98. The highest BCUT2D eigenvalue weighted by atomic mass is 32.2. The Labute approximate surface area is 125 Å². The van der Waals surface area contributed by atoms with Crippen LogP contribution in [-0.4, -0.2) is 24.1 Å². The molecule has 1 nitrogen and oxygen atoms in total. The number of thioether (sulfide) groups is 1. The minimum atomic E-state index is 0.800. The van der Waals surface area contributed by atoms with Crippen LogP contribution in [0.5, 0.6) is 0 Å². The second-order valence-corrected chi connectivity index (χ2v) is 7.52. The molecule has 1 atom stereocenters. The predicted molar refractivity (Wildman–Crippen MR) is 90.2 cm³/mol. The third kappa shape index (κ3) is 9.79. The van der Waals surface area contributed by atoms with Gasteiger partial charge in [-0.2, -0.15) is 11.8 Å². The van der Waals surface area contributed by atoms with E-state index in [1.54, 1.807) is 0 Å². The van der Waals surface area contributed by atoms with Crippen LogP contribution in [0.15, 0.2) is 0 Å². The molecule has 1 aliphatic rings. The Morgan fingerprint density at radius 3 is 1.84 bits per heavy atom. The van der Waals surface area contributed by atoms with Gasteiger partial charge in [-0.05, 0) is 32.1 Å². The highest BCUT2D eigenvalue weighted by Gasteiger charge is 2.09. The van der Waals surface area contributed by atoms with Crippen LogP contribution in [0.2, 0.25) is 0 Å². The molecule has 1 rings (SSSR count).